The molecule has 106 valence electrons. The van der Waals surface area contributed by atoms with Gasteiger partial charge in [-0.25, -0.2) is 0 Å². The third kappa shape index (κ3) is 2.07. The van der Waals surface area contributed by atoms with Crippen molar-refractivity contribution >= 4 is 28.9 Å². The normalized spacial score (nSPS) is 24.1. The molecule has 2 aliphatic rings. The summed E-state index contributed by atoms with van der Waals surface area (Å²) in [7, 11) is 3.36. The Hall–Kier alpha value is -1.89. The van der Waals surface area contributed by atoms with Gasteiger partial charge < -0.3 is 14.6 Å². The predicted octanol–water partition coefficient (Wildman–Crippen LogP) is 0.663. The molecule has 1 aromatic rings. The molecule has 1 aromatic heterocycles. The average Bonchev–Trinajstić information content (AvgIpc) is 3.12. The van der Waals surface area contributed by atoms with Gasteiger partial charge in [-0.1, -0.05) is 5.16 Å². The number of thiophene rings is 1. The second kappa shape index (κ2) is 4.90. The summed E-state index contributed by atoms with van der Waals surface area (Å²) in [5, 5.41) is 7.60. The minimum absolute atomic E-state index is 0.0131. The van der Waals surface area contributed by atoms with E-state index in [-0.39, 0.29) is 23.8 Å². The summed E-state index contributed by atoms with van der Waals surface area (Å²) in [6, 6.07) is 1.81. The standard InChI is InChI=1S/C13H15N3O3S/c1-15(2)13(18)11-9-5-16(6-10(9)19-14-11)12(17)8-3-4-20-7-8/h3-4,7,9-10H,5-6H2,1-2H3/t9-,10+/m0/s1. The minimum atomic E-state index is -0.198. The van der Waals surface area contributed by atoms with E-state index in [0.29, 0.717) is 24.4 Å². The molecule has 6 nitrogen and oxygen atoms in total. The smallest absolute Gasteiger partial charge is 0.271 e. The Morgan fingerprint density at radius 1 is 1.45 bits per heavy atom. The summed E-state index contributed by atoms with van der Waals surface area (Å²) in [6.07, 6.45) is -0.198. The van der Waals surface area contributed by atoms with E-state index in [4.69, 9.17) is 4.84 Å². The lowest BCUT2D eigenvalue weighted by molar-refractivity contribution is -0.122. The van der Waals surface area contributed by atoms with E-state index in [2.05, 4.69) is 5.16 Å². The number of amides is 2. The molecule has 0 unspecified atom stereocenters. The first-order valence-electron chi connectivity index (χ1n) is 6.34. The van der Waals surface area contributed by atoms with Gasteiger partial charge in [0.2, 0.25) is 0 Å². The number of rotatable bonds is 2. The molecule has 0 aliphatic carbocycles. The molecule has 2 amide bonds. The zero-order valence-corrected chi connectivity index (χ0v) is 12.1. The molecule has 0 bridgehead atoms. The zero-order chi connectivity index (χ0) is 14.3. The van der Waals surface area contributed by atoms with Crippen molar-refractivity contribution in [2.24, 2.45) is 11.1 Å². The maximum Gasteiger partial charge on any atom is 0.271 e. The molecular formula is C13H15N3O3S. The van der Waals surface area contributed by atoms with E-state index in [1.165, 1.54) is 16.2 Å². The van der Waals surface area contributed by atoms with E-state index in [9.17, 15) is 9.59 Å². The summed E-state index contributed by atoms with van der Waals surface area (Å²) >= 11 is 1.49. The summed E-state index contributed by atoms with van der Waals surface area (Å²) in [6.45, 7) is 0.963. The minimum Gasteiger partial charge on any atom is -0.389 e. The van der Waals surface area contributed by atoms with Gasteiger partial charge in [-0.2, -0.15) is 11.3 Å². The molecule has 0 N–H and O–H groups in total. The number of hydrogen-bond donors (Lipinski definition) is 0. The van der Waals surface area contributed by atoms with Gasteiger partial charge in [0.15, 0.2) is 11.8 Å². The highest BCUT2D eigenvalue weighted by molar-refractivity contribution is 7.08. The quantitative estimate of drug-likeness (QED) is 0.805. The van der Waals surface area contributed by atoms with Crippen LogP contribution in [0.5, 0.6) is 0 Å². The maximum atomic E-state index is 12.3. The lowest BCUT2D eigenvalue weighted by Crippen LogP contribution is -2.36. The third-order valence-electron chi connectivity index (χ3n) is 3.58. The van der Waals surface area contributed by atoms with Crippen LogP contribution in [-0.4, -0.2) is 60.6 Å². The van der Waals surface area contributed by atoms with Crippen LogP contribution < -0.4 is 0 Å². The van der Waals surface area contributed by atoms with Gasteiger partial charge in [-0.05, 0) is 11.4 Å². The molecule has 1 saturated heterocycles. The van der Waals surface area contributed by atoms with Gasteiger partial charge in [-0.3, -0.25) is 9.59 Å². The van der Waals surface area contributed by atoms with Crippen molar-refractivity contribution in [3.63, 3.8) is 0 Å². The van der Waals surface area contributed by atoms with Gasteiger partial charge in [0.1, 0.15) is 0 Å². The SMILES string of the molecule is CN(C)C(=O)C1=NO[C@@H]2CN(C(=O)c3ccsc3)C[C@H]12. The summed E-state index contributed by atoms with van der Waals surface area (Å²) in [4.78, 5) is 32.8. The van der Waals surface area contributed by atoms with Crippen LogP contribution in [0.3, 0.4) is 0 Å². The number of carbonyl (C=O) groups is 2. The van der Waals surface area contributed by atoms with E-state index in [1.54, 1.807) is 19.0 Å². The van der Waals surface area contributed by atoms with Crippen molar-refractivity contribution in [3.05, 3.63) is 22.4 Å². The van der Waals surface area contributed by atoms with Gasteiger partial charge in [0, 0.05) is 26.0 Å². The Morgan fingerprint density at radius 3 is 2.90 bits per heavy atom. The van der Waals surface area contributed by atoms with Crippen LogP contribution in [0, 0.1) is 5.92 Å². The first kappa shape index (κ1) is 13.1. The number of carbonyl (C=O) groups excluding carboxylic acids is 2. The van der Waals surface area contributed by atoms with Gasteiger partial charge in [0.25, 0.3) is 11.8 Å². The lowest BCUT2D eigenvalue weighted by Gasteiger charge is -2.16. The van der Waals surface area contributed by atoms with Crippen LogP contribution in [0.1, 0.15) is 10.4 Å². The van der Waals surface area contributed by atoms with Crippen molar-refractivity contribution in [3.8, 4) is 0 Å². The van der Waals surface area contributed by atoms with Crippen LogP contribution in [0.25, 0.3) is 0 Å². The third-order valence-corrected chi connectivity index (χ3v) is 4.27. The van der Waals surface area contributed by atoms with Crippen LogP contribution in [-0.2, 0) is 9.63 Å². The number of oxime groups is 1. The molecule has 20 heavy (non-hydrogen) atoms. The topological polar surface area (TPSA) is 62.2 Å². The maximum absolute atomic E-state index is 12.3. The Kier molecular flexibility index (Phi) is 3.21. The van der Waals surface area contributed by atoms with Gasteiger partial charge >= 0.3 is 0 Å². The highest BCUT2D eigenvalue weighted by atomic mass is 32.1. The van der Waals surface area contributed by atoms with Crippen molar-refractivity contribution in [1.82, 2.24) is 9.80 Å². The second-order valence-electron chi connectivity index (χ2n) is 5.15. The highest BCUT2D eigenvalue weighted by Crippen LogP contribution is 2.29. The largest absolute Gasteiger partial charge is 0.389 e. The fourth-order valence-corrected chi connectivity index (χ4v) is 3.13. The number of fused-ring (bicyclic) bond motifs is 1. The average molecular weight is 293 g/mol. The van der Waals surface area contributed by atoms with Crippen LogP contribution in [0.15, 0.2) is 22.0 Å². The molecule has 3 rings (SSSR count). The lowest BCUT2D eigenvalue weighted by atomic mass is 10.00. The Bertz CT molecular complexity index is 567. The van der Waals surface area contributed by atoms with E-state index in [0.717, 1.165) is 0 Å². The van der Waals surface area contributed by atoms with Crippen molar-refractivity contribution < 1.29 is 14.4 Å². The number of nitrogens with zero attached hydrogens (tertiary/aromatic N) is 3. The van der Waals surface area contributed by atoms with Crippen molar-refractivity contribution in [2.75, 3.05) is 27.2 Å². The van der Waals surface area contributed by atoms with E-state index in [1.807, 2.05) is 16.8 Å². The van der Waals surface area contributed by atoms with Crippen molar-refractivity contribution in [2.45, 2.75) is 6.10 Å². The van der Waals surface area contributed by atoms with Gasteiger partial charge in [-0.15, -0.1) is 0 Å². The Morgan fingerprint density at radius 2 is 2.25 bits per heavy atom. The van der Waals surface area contributed by atoms with E-state index < -0.39 is 0 Å². The van der Waals surface area contributed by atoms with E-state index >= 15 is 0 Å². The Labute approximate surface area is 120 Å². The highest BCUT2D eigenvalue weighted by Gasteiger charge is 2.46. The van der Waals surface area contributed by atoms with Crippen molar-refractivity contribution in [1.29, 1.82) is 0 Å². The molecule has 0 saturated carbocycles. The molecule has 7 heteroatoms. The Balaban J connectivity index is 1.73. The fraction of sp³-hybridized carbons (Fsp3) is 0.462. The summed E-state index contributed by atoms with van der Waals surface area (Å²) in [5.74, 6) is -0.282. The molecule has 2 aliphatic heterocycles. The molecule has 2 atom stereocenters. The second-order valence-corrected chi connectivity index (χ2v) is 5.93. The monoisotopic (exact) mass is 293 g/mol. The van der Waals surface area contributed by atoms with Gasteiger partial charge in [0.05, 0.1) is 18.0 Å². The molecule has 0 radical (unpaired) electrons. The predicted molar refractivity (Wildman–Crippen MR) is 74.7 cm³/mol. The summed E-state index contributed by atoms with van der Waals surface area (Å²) in [5.41, 5.74) is 1.10. The molecule has 1 fully saturated rings. The number of hydrogen-bond acceptors (Lipinski definition) is 5. The molecular weight excluding hydrogens is 278 g/mol. The van der Waals surface area contributed by atoms with Crippen LogP contribution in [0.2, 0.25) is 0 Å². The first-order valence-corrected chi connectivity index (χ1v) is 7.29. The molecule has 3 heterocycles. The van der Waals surface area contributed by atoms with Crippen LogP contribution in [0.4, 0.5) is 0 Å². The molecule has 0 aromatic carbocycles. The zero-order valence-electron chi connectivity index (χ0n) is 11.3. The first-order chi connectivity index (χ1) is 9.58. The number of likely N-dealkylation sites (tertiary alicyclic amines) is 1. The fourth-order valence-electron chi connectivity index (χ4n) is 2.50. The molecule has 0 spiro atoms. The summed E-state index contributed by atoms with van der Waals surface area (Å²) < 4.78 is 0. The van der Waals surface area contributed by atoms with Crippen LogP contribution >= 0.6 is 11.3 Å².